The summed E-state index contributed by atoms with van der Waals surface area (Å²) in [6.07, 6.45) is 69.8. The monoisotopic (exact) mass is 1560 g/mol. The van der Waals surface area contributed by atoms with E-state index in [-0.39, 0.29) is 18.9 Å². The number of allylic oxidation sites excluding steroid dienone is 15. The van der Waals surface area contributed by atoms with Gasteiger partial charge in [0.1, 0.15) is 73.2 Å². The SMILES string of the molecule is CC/C=C\C/C=C\C/C=C\C/C=C\C/C=C\C/C=C\CCCCCCCCCCCCCCCCC(=O)NC(COC1OC(CO)C(OC2OC(CO)C(OC3OC(CO)C(O)C(O)C3O)C(O)C2O)C(O)C1O)C(O)/C=C/CC/C=C/CCCCCCCCCCCCCCCCCCCCCCCCCCCC. The van der Waals surface area contributed by atoms with E-state index in [1.807, 2.05) is 6.08 Å². The van der Waals surface area contributed by atoms with Gasteiger partial charge in [0, 0.05) is 6.42 Å². The molecule has 3 saturated heterocycles. The Morgan fingerprint density at radius 3 is 1.02 bits per heavy atom. The van der Waals surface area contributed by atoms with E-state index in [0.29, 0.717) is 12.8 Å². The quantitative estimate of drug-likeness (QED) is 0.0199. The fourth-order valence-corrected chi connectivity index (χ4v) is 14.6. The van der Waals surface area contributed by atoms with Crippen LogP contribution in [0.5, 0.6) is 0 Å². The van der Waals surface area contributed by atoms with E-state index in [9.17, 15) is 61.0 Å². The maximum atomic E-state index is 13.5. The molecule has 638 valence electrons. The van der Waals surface area contributed by atoms with Crippen molar-refractivity contribution in [3.05, 3.63) is 97.2 Å². The van der Waals surface area contributed by atoms with Gasteiger partial charge in [-0.05, 0) is 83.5 Å². The Labute approximate surface area is 666 Å². The molecule has 0 radical (unpaired) electrons. The standard InChI is InChI=1S/C91H161NO18/c1-3-5-7-9-11-13-15-17-19-21-23-25-27-29-31-33-35-37-39-41-43-45-47-49-51-53-55-57-59-61-63-65-67-69-79(97)92-74(75(96)68-66-64-62-60-58-56-54-52-50-48-46-44-42-40-38-36-34-32-30-28-26-24-22-20-18-16-14-12-10-8-6-4-2)73-105-89-85(103)82(100)87(77(71-94)107-89)110-91-86(104)83(101)88(78(72-95)108-91)109-90-84(102)81(99)80(98)76(70-93)106-90/h5,7,11,13,17,19,23,25,29,31,35,37,58,60,66,68,74-78,80-91,93-96,98-104H,3-4,6,8-10,12,14-16,18,20-22,24,26-28,30,32-34,36,38-57,59,61-65,67,69-73H2,1-2H3,(H,92,97)/b7-5-,13-11-,19-17-,25-23-,31-29-,37-35-,60-58+,68-66+. The summed E-state index contributed by atoms with van der Waals surface area (Å²) in [4.78, 5) is 13.5. The zero-order valence-electron chi connectivity index (χ0n) is 68.7. The van der Waals surface area contributed by atoms with Gasteiger partial charge in [0.15, 0.2) is 18.9 Å². The van der Waals surface area contributed by atoms with Crippen LogP contribution in [0.4, 0.5) is 0 Å². The summed E-state index contributed by atoms with van der Waals surface area (Å²) >= 11 is 0. The molecule has 0 saturated carbocycles. The van der Waals surface area contributed by atoms with Crippen molar-refractivity contribution in [2.75, 3.05) is 26.4 Å². The van der Waals surface area contributed by atoms with Gasteiger partial charge >= 0.3 is 0 Å². The van der Waals surface area contributed by atoms with E-state index in [1.165, 1.54) is 225 Å². The molecule has 110 heavy (non-hydrogen) atoms. The summed E-state index contributed by atoms with van der Waals surface area (Å²) < 4.78 is 34.5. The summed E-state index contributed by atoms with van der Waals surface area (Å²) in [5, 5.41) is 121. The molecule has 3 aliphatic rings. The highest BCUT2D eigenvalue weighted by atomic mass is 16.8. The molecule has 0 bridgehead atoms. The molecule has 19 heteroatoms. The lowest BCUT2D eigenvalue weighted by Gasteiger charge is -2.48. The first-order valence-electron chi connectivity index (χ1n) is 44.5. The second-order valence-electron chi connectivity index (χ2n) is 31.3. The highest BCUT2D eigenvalue weighted by molar-refractivity contribution is 5.76. The van der Waals surface area contributed by atoms with Crippen molar-refractivity contribution in [1.29, 1.82) is 0 Å². The third-order valence-corrected chi connectivity index (χ3v) is 21.6. The van der Waals surface area contributed by atoms with Crippen molar-refractivity contribution in [3.8, 4) is 0 Å². The van der Waals surface area contributed by atoms with Crippen LogP contribution in [-0.4, -0.2) is 193 Å². The van der Waals surface area contributed by atoms with Crippen LogP contribution in [0.25, 0.3) is 0 Å². The lowest BCUT2D eigenvalue weighted by Crippen LogP contribution is -2.66. The number of hydrogen-bond donors (Lipinski definition) is 12. The maximum absolute atomic E-state index is 13.5. The third kappa shape index (κ3) is 48.3. The second-order valence-corrected chi connectivity index (χ2v) is 31.3. The van der Waals surface area contributed by atoms with Crippen molar-refractivity contribution in [2.45, 2.75) is 446 Å². The Bertz CT molecular complexity index is 2360. The summed E-state index contributed by atoms with van der Waals surface area (Å²) in [5.41, 5.74) is 0. The minimum absolute atomic E-state index is 0.230. The van der Waals surface area contributed by atoms with Crippen LogP contribution < -0.4 is 5.32 Å². The molecule has 3 heterocycles. The molecule has 0 aromatic carbocycles. The van der Waals surface area contributed by atoms with Gasteiger partial charge in [0.2, 0.25) is 5.91 Å². The van der Waals surface area contributed by atoms with Crippen LogP contribution in [-0.2, 0) is 33.2 Å². The normalized spacial score (nSPS) is 25.6. The van der Waals surface area contributed by atoms with Gasteiger partial charge < -0.3 is 89.9 Å². The van der Waals surface area contributed by atoms with E-state index < -0.39 is 124 Å². The summed E-state index contributed by atoms with van der Waals surface area (Å²) in [5.74, 6) is -0.285. The number of ether oxygens (including phenoxy) is 6. The third-order valence-electron chi connectivity index (χ3n) is 21.6. The van der Waals surface area contributed by atoms with E-state index >= 15 is 0 Å². The van der Waals surface area contributed by atoms with Crippen LogP contribution in [0.3, 0.4) is 0 Å². The van der Waals surface area contributed by atoms with Crippen molar-refractivity contribution in [1.82, 2.24) is 5.32 Å². The first kappa shape index (κ1) is 101. The number of rotatable bonds is 71. The highest BCUT2D eigenvalue weighted by Gasteiger charge is 2.54. The number of unbranched alkanes of at least 4 members (excludes halogenated alkanes) is 41. The van der Waals surface area contributed by atoms with Crippen molar-refractivity contribution < 1.29 is 89.4 Å². The fraction of sp³-hybridized carbons (Fsp3) is 0.813. The van der Waals surface area contributed by atoms with Crippen LogP contribution >= 0.6 is 0 Å². The van der Waals surface area contributed by atoms with Gasteiger partial charge in [-0.3, -0.25) is 4.79 Å². The van der Waals surface area contributed by atoms with Crippen LogP contribution in [0.1, 0.15) is 341 Å². The van der Waals surface area contributed by atoms with E-state index in [2.05, 4.69) is 104 Å². The van der Waals surface area contributed by atoms with Gasteiger partial charge in [-0.2, -0.15) is 0 Å². The van der Waals surface area contributed by atoms with Gasteiger partial charge in [-0.15, -0.1) is 0 Å². The van der Waals surface area contributed by atoms with E-state index in [1.54, 1.807) is 6.08 Å². The Morgan fingerprint density at radius 2 is 0.636 bits per heavy atom. The van der Waals surface area contributed by atoms with Crippen molar-refractivity contribution in [2.24, 2.45) is 0 Å². The predicted molar refractivity (Wildman–Crippen MR) is 443 cm³/mol. The lowest BCUT2D eigenvalue weighted by atomic mass is 9.96. The van der Waals surface area contributed by atoms with Crippen molar-refractivity contribution >= 4 is 5.91 Å². The number of nitrogens with one attached hydrogen (secondary N) is 1. The number of carbonyl (C=O) groups excluding carboxylic acids is 1. The smallest absolute Gasteiger partial charge is 0.220 e. The van der Waals surface area contributed by atoms with Crippen LogP contribution in [0, 0.1) is 0 Å². The maximum Gasteiger partial charge on any atom is 0.220 e. The number of aliphatic hydroxyl groups excluding tert-OH is 11. The second kappa shape index (κ2) is 70.0. The van der Waals surface area contributed by atoms with E-state index in [0.717, 1.165) is 83.5 Å². The molecule has 1 amide bonds. The first-order valence-corrected chi connectivity index (χ1v) is 44.5. The fourth-order valence-electron chi connectivity index (χ4n) is 14.6. The first-order chi connectivity index (χ1) is 53.8. The molecule has 19 nitrogen and oxygen atoms in total. The molecule has 3 aliphatic heterocycles. The zero-order valence-corrected chi connectivity index (χ0v) is 68.7. The minimum Gasteiger partial charge on any atom is -0.394 e. The minimum atomic E-state index is -1.99. The average Bonchev–Trinajstić information content (AvgIpc) is 0.780. The number of aliphatic hydroxyl groups is 11. The molecule has 3 rings (SSSR count). The van der Waals surface area contributed by atoms with Gasteiger partial charge in [-0.25, -0.2) is 0 Å². The Balaban J connectivity index is 1.35. The molecule has 12 N–H and O–H groups in total. The summed E-state index contributed by atoms with van der Waals surface area (Å²) in [7, 11) is 0. The van der Waals surface area contributed by atoms with Crippen LogP contribution in [0.2, 0.25) is 0 Å². The van der Waals surface area contributed by atoms with Gasteiger partial charge in [0.25, 0.3) is 0 Å². The summed E-state index contributed by atoms with van der Waals surface area (Å²) in [6.45, 7) is 1.64. The molecule has 3 fully saturated rings. The number of amides is 1. The predicted octanol–water partition coefficient (Wildman–Crippen LogP) is 16.7. The molecule has 17 atom stereocenters. The zero-order chi connectivity index (χ0) is 79.5. The van der Waals surface area contributed by atoms with Crippen molar-refractivity contribution in [3.63, 3.8) is 0 Å². The Morgan fingerprint density at radius 1 is 0.336 bits per heavy atom. The molecule has 0 aromatic heterocycles. The Kier molecular flexibility index (Phi) is 64.2. The topological polar surface area (TPSA) is 307 Å². The molecule has 0 spiro atoms. The van der Waals surface area contributed by atoms with Gasteiger partial charge in [-0.1, -0.05) is 349 Å². The molecule has 17 unspecified atom stereocenters. The molecule has 0 aromatic rings. The Hall–Kier alpha value is -3.29. The molecule has 0 aliphatic carbocycles. The average molecular weight is 1560 g/mol. The molecular weight excluding hydrogens is 1390 g/mol. The number of hydrogen-bond acceptors (Lipinski definition) is 18. The van der Waals surface area contributed by atoms with E-state index in [4.69, 9.17) is 28.4 Å². The molecular formula is C91H161NO18. The highest BCUT2D eigenvalue weighted by Crippen LogP contribution is 2.33. The summed E-state index contributed by atoms with van der Waals surface area (Å²) in [6, 6.07) is -0.998. The largest absolute Gasteiger partial charge is 0.394 e. The number of carbonyl (C=O) groups is 1. The lowest BCUT2D eigenvalue weighted by molar-refractivity contribution is -0.379. The van der Waals surface area contributed by atoms with Crippen LogP contribution in [0.15, 0.2) is 97.2 Å². The van der Waals surface area contributed by atoms with Gasteiger partial charge in [0.05, 0.1) is 38.6 Å².